The number of aromatic amines is 1. The van der Waals surface area contributed by atoms with Gasteiger partial charge in [0.2, 0.25) is 11.7 Å². The number of amides is 3. The topological polar surface area (TPSA) is 129 Å². The zero-order valence-corrected chi connectivity index (χ0v) is 17.2. The van der Waals surface area contributed by atoms with Crippen molar-refractivity contribution in [2.24, 2.45) is 0 Å². The Morgan fingerprint density at radius 2 is 2.03 bits per heavy atom. The van der Waals surface area contributed by atoms with Crippen molar-refractivity contribution in [1.82, 2.24) is 20.5 Å². The molecule has 10 heteroatoms. The summed E-state index contributed by atoms with van der Waals surface area (Å²) in [7, 11) is 1.60. The van der Waals surface area contributed by atoms with Gasteiger partial charge in [-0.15, -0.1) is 5.10 Å². The Kier molecular flexibility index (Phi) is 5.82. The summed E-state index contributed by atoms with van der Waals surface area (Å²) in [6.45, 7) is -0.0522. The molecule has 0 spiro atoms. The lowest BCUT2D eigenvalue weighted by molar-refractivity contribution is -0.120. The quantitative estimate of drug-likeness (QED) is 0.557. The van der Waals surface area contributed by atoms with Crippen molar-refractivity contribution in [3.8, 4) is 5.75 Å². The molecule has 10 nitrogen and oxygen atoms in total. The van der Waals surface area contributed by atoms with Crippen LogP contribution < -0.4 is 20.3 Å². The molecule has 170 valence electrons. The molecule has 33 heavy (non-hydrogen) atoms. The van der Waals surface area contributed by atoms with Gasteiger partial charge in [0.05, 0.1) is 12.1 Å². The molecule has 2 aliphatic heterocycles. The molecule has 0 bridgehead atoms. The number of aromatic nitrogens is 3. The van der Waals surface area contributed by atoms with Crippen molar-refractivity contribution in [3.63, 3.8) is 0 Å². The third-order valence-corrected chi connectivity index (χ3v) is 5.46. The first-order chi connectivity index (χ1) is 15.5. The molecule has 0 saturated carbocycles. The molecule has 2 aliphatic rings. The molecule has 3 heterocycles. The maximum absolute atomic E-state index is 13.0. The van der Waals surface area contributed by atoms with Crippen molar-refractivity contribution in [2.75, 3.05) is 23.9 Å². The van der Waals surface area contributed by atoms with E-state index in [1.165, 1.54) is 4.90 Å². The van der Waals surface area contributed by atoms with E-state index < -0.39 is 11.9 Å². The monoisotopic (exact) mass is 448 g/mol. The molecular formula is C23H24N6O4. The van der Waals surface area contributed by atoms with E-state index in [1.54, 1.807) is 19.2 Å². The largest absolute Gasteiger partial charge is 0.489 e. The highest BCUT2D eigenvalue weighted by Crippen LogP contribution is 2.38. The SMILES string of the molecule is C.CN1C(=O)[C@@H](NC(=O)c2n[nH]c(Cc3ccccc3)n2)COc2cc3c(cc21)NC(=O)C3. The Bertz CT molecular complexity index is 1220. The van der Waals surface area contributed by atoms with Crippen LogP contribution in [0.2, 0.25) is 0 Å². The van der Waals surface area contributed by atoms with Gasteiger partial charge in [-0.3, -0.25) is 19.5 Å². The summed E-state index contributed by atoms with van der Waals surface area (Å²) in [5, 5.41) is 12.2. The van der Waals surface area contributed by atoms with Crippen molar-refractivity contribution >= 4 is 29.1 Å². The zero-order chi connectivity index (χ0) is 22.2. The number of ether oxygens (including phenoxy) is 1. The number of hydrogen-bond donors (Lipinski definition) is 3. The van der Waals surface area contributed by atoms with E-state index in [0.29, 0.717) is 29.4 Å². The molecule has 0 saturated heterocycles. The molecule has 0 aliphatic carbocycles. The zero-order valence-electron chi connectivity index (χ0n) is 17.2. The first-order valence-electron chi connectivity index (χ1n) is 10.1. The number of nitrogens with zero attached hydrogens (tertiary/aromatic N) is 3. The summed E-state index contributed by atoms with van der Waals surface area (Å²) < 4.78 is 5.82. The molecular weight excluding hydrogens is 424 g/mol. The normalized spacial score (nSPS) is 16.6. The number of hydrogen-bond acceptors (Lipinski definition) is 6. The van der Waals surface area contributed by atoms with Crippen LogP contribution >= 0.6 is 0 Å². The average molecular weight is 448 g/mol. The van der Waals surface area contributed by atoms with E-state index in [-0.39, 0.29) is 38.1 Å². The van der Waals surface area contributed by atoms with Gasteiger partial charge in [-0.1, -0.05) is 37.8 Å². The van der Waals surface area contributed by atoms with Gasteiger partial charge in [0.1, 0.15) is 24.2 Å². The first kappa shape index (κ1) is 22.0. The fourth-order valence-corrected chi connectivity index (χ4v) is 3.81. The van der Waals surface area contributed by atoms with Crippen LogP contribution in [0.3, 0.4) is 0 Å². The number of H-pyrrole nitrogens is 1. The van der Waals surface area contributed by atoms with Crippen LogP contribution in [0.4, 0.5) is 11.4 Å². The molecule has 2 aromatic carbocycles. The highest BCUT2D eigenvalue weighted by atomic mass is 16.5. The molecule has 1 atom stereocenters. The predicted octanol–water partition coefficient (Wildman–Crippen LogP) is 1.68. The van der Waals surface area contributed by atoms with Gasteiger partial charge >= 0.3 is 0 Å². The summed E-state index contributed by atoms with van der Waals surface area (Å²) >= 11 is 0. The second-order valence-electron chi connectivity index (χ2n) is 7.70. The highest BCUT2D eigenvalue weighted by molar-refractivity contribution is 6.05. The molecule has 1 aromatic heterocycles. The summed E-state index contributed by atoms with van der Waals surface area (Å²) in [6, 6.07) is 12.2. The van der Waals surface area contributed by atoms with Gasteiger partial charge < -0.3 is 20.3 Å². The number of benzene rings is 2. The number of carbonyl (C=O) groups is 3. The van der Waals surface area contributed by atoms with E-state index >= 15 is 0 Å². The summed E-state index contributed by atoms with van der Waals surface area (Å²) in [6.07, 6.45) is 0.770. The molecule has 3 aromatic rings. The van der Waals surface area contributed by atoms with Crippen molar-refractivity contribution in [1.29, 1.82) is 0 Å². The van der Waals surface area contributed by atoms with E-state index in [0.717, 1.165) is 11.1 Å². The van der Waals surface area contributed by atoms with E-state index in [9.17, 15) is 14.4 Å². The summed E-state index contributed by atoms with van der Waals surface area (Å²) in [4.78, 5) is 43.0. The highest BCUT2D eigenvalue weighted by Gasteiger charge is 2.33. The maximum Gasteiger partial charge on any atom is 0.291 e. The van der Waals surface area contributed by atoms with Gasteiger partial charge in [0, 0.05) is 19.2 Å². The number of nitrogens with one attached hydrogen (secondary N) is 3. The smallest absolute Gasteiger partial charge is 0.291 e. The van der Waals surface area contributed by atoms with E-state index in [1.807, 2.05) is 30.3 Å². The van der Waals surface area contributed by atoms with Crippen LogP contribution in [0, 0.1) is 0 Å². The Labute approximate surface area is 190 Å². The Morgan fingerprint density at radius 1 is 1.24 bits per heavy atom. The average Bonchev–Trinajstić information content (AvgIpc) is 3.38. The Hall–Kier alpha value is -4.21. The second-order valence-corrected chi connectivity index (χ2v) is 7.70. The van der Waals surface area contributed by atoms with Gasteiger partial charge in [0.25, 0.3) is 11.8 Å². The number of rotatable bonds is 4. The van der Waals surface area contributed by atoms with Gasteiger partial charge in [-0.2, -0.15) is 0 Å². The van der Waals surface area contributed by atoms with Gasteiger partial charge in [-0.05, 0) is 23.3 Å². The minimum atomic E-state index is -0.916. The number of anilines is 2. The van der Waals surface area contributed by atoms with Gasteiger partial charge in [-0.25, -0.2) is 4.98 Å². The molecule has 3 amide bonds. The Balaban J connectivity index is 0.00000259. The van der Waals surface area contributed by atoms with Crippen molar-refractivity contribution in [2.45, 2.75) is 26.3 Å². The molecule has 0 unspecified atom stereocenters. The van der Waals surface area contributed by atoms with Crippen LogP contribution in [0.1, 0.15) is 35.0 Å². The Morgan fingerprint density at radius 3 is 2.82 bits per heavy atom. The number of carbonyl (C=O) groups excluding carboxylic acids is 3. The van der Waals surface area contributed by atoms with Crippen LogP contribution in [0.5, 0.6) is 5.75 Å². The van der Waals surface area contributed by atoms with Crippen LogP contribution in [0.25, 0.3) is 0 Å². The minimum Gasteiger partial charge on any atom is -0.489 e. The van der Waals surface area contributed by atoms with Crippen LogP contribution in [-0.4, -0.2) is 52.6 Å². The van der Waals surface area contributed by atoms with Crippen molar-refractivity contribution < 1.29 is 19.1 Å². The van der Waals surface area contributed by atoms with Crippen LogP contribution in [0.15, 0.2) is 42.5 Å². The van der Waals surface area contributed by atoms with E-state index in [4.69, 9.17) is 4.74 Å². The lowest BCUT2D eigenvalue weighted by atomic mass is 10.1. The van der Waals surface area contributed by atoms with Gasteiger partial charge in [0.15, 0.2) is 0 Å². The minimum absolute atomic E-state index is 0. The maximum atomic E-state index is 13.0. The standard InChI is InChI=1S/C22H20N6O4.CH4/c1-28-16-10-14-13(9-19(29)23-14)8-17(16)32-11-15(22(28)31)24-21(30)20-25-18(26-27-20)7-12-5-3-2-4-6-12;/h2-6,8,10,15H,7,9,11H2,1H3,(H,23,29)(H,24,30)(H,25,26,27);1H4/t15-;/m0./s1. The van der Waals surface area contributed by atoms with Crippen molar-refractivity contribution in [3.05, 3.63) is 65.2 Å². The predicted molar refractivity (Wildman–Crippen MR) is 121 cm³/mol. The number of likely N-dealkylation sites (N-methyl/N-ethyl adjacent to an activating group) is 1. The second kappa shape index (κ2) is 8.73. The lowest BCUT2D eigenvalue weighted by Gasteiger charge is -2.20. The third kappa shape index (κ3) is 4.27. The first-order valence-corrected chi connectivity index (χ1v) is 10.1. The lowest BCUT2D eigenvalue weighted by Crippen LogP contribution is -2.49. The fraction of sp³-hybridized carbons (Fsp3) is 0.261. The molecule has 5 rings (SSSR count). The van der Waals surface area contributed by atoms with E-state index in [2.05, 4.69) is 25.8 Å². The van der Waals surface area contributed by atoms with Crippen LogP contribution in [-0.2, 0) is 22.4 Å². The fourth-order valence-electron chi connectivity index (χ4n) is 3.81. The molecule has 3 N–H and O–H groups in total. The summed E-state index contributed by atoms with van der Waals surface area (Å²) in [5.74, 6) is -0.0351. The molecule has 0 radical (unpaired) electrons. The molecule has 0 fully saturated rings. The third-order valence-electron chi connectivity index (χ3n) is 5.46. The summed E-state index contributed by atoms with van der Waals surface area (Å²) in [5.41, 5.74) is 3.02. The number of fused-ring (bicyclic) bond motifs is 2.